The molecule has 3 aromatic carbocycles. The predicted molar refractivity (Wildman–Crippen MR) is 500 cm³/mol. The lowest BCUT2D eigenvalue weighted by Crippen LogP contribution is -2.60. The zero-order chi connectivity index (χ0) is 97.9. The van der Waals surface area contributed by atoms with Gasteiger partial charge in [0.2, 0.25) is 88.6 Å². The minimum Gasteiger partial charge on any atom is -0.394 e. The van der Waals surface area contributed by atoms with E-state index in [0.29, 0.717) is 69.9 Å². The molecule has 0 aliphatic carbocycles. The van der Waals surface area contributed by atoms with Gasteiger partial charge in [0.05, 0.1) is 32.4 Å². The van der Waals surface area contributed by atoms with Crippen molar-refractivity contribution >= 4 is 152 Å². The van der Waals surface area contributed by atoms with E-state index in [1.807, 2.05) is 13.8 Å². The number of Topliss-reactive ketones (excluding diaryl/α,β-unsaturated/α-hetero) is 2. The molecule has 0 spiro atoms. The van der Waals surface area contributed by atoms with Gasteiger partial charge in [-0.3, -0.25) is 86.9 Å². The van der Waals surface area contributed by atoms with Crippen molar-refractivity contribution in [2.24, 2.45) is 23.3 Å². The van der Waals surface area contributed by atoms with Gasteiger partial charge >= 0.3 is 0 Å². The first-order valence-corrected chi connectivity index (χ1v) is 45.8. The molecule has 1 aliphatic heterocycles. The van der Waals surface area contributed by atoms with Crippen LogP contribution < -0.4 is 64.6 Å². The van der Waals surface area contributed by atoms with Crippen LogP contribution in [0, 0.1) is 17.2 Å². The number of nitrogens with one attached hydrogen (secondary N) is 14. The van der Waals surface area contributed by atoms with Crippen molar-refractivity contribution in [1.29, 1.82) is 5.41 Å². The third-order valence-electron chi connectivity index (χ3n) is 23.3. The molecule has 0 saturated carbocycles. The molecule has 15 amide bonds. The molecule has 0 unspecified atom stereocenters. The minimum absolute atomic E-state index is 0.00583. The zero-order valence-corrected chi connectivity index (χ0v) is 78.6. The van der Waals surface area contributed by atoms with Gasteiger partial charge in [0.25, 0.3) is 0 Å². The first-order chi connectivity index (χ1) is 63.3. The number of aromatic amines is 3. The third kappa shape index (κ3) is 32.0. The van der Waals surface area contributed by atoms with Gasteiger partial charge in [-0.15, -0.1) is 11.6 Å². The number of unbranched alkanes of at least 4 members (excludes halogenated alkanes) is 2. The number of aliphatic hydroxyl groups is 1. The van der Waals surface area contributed by atoms with Crippen molar-refractivity contribution in [3.63, 3.8) is 0 Å². The molecule has 6 aromatic rings. The van der Waals surface area contributed by atoms with Crippen LogP contribution in [-0.2, 0) is 107 Å². The molecular formula is C91H129ClN22O18S. The number of benzene rings is 3. The van der Waals surface area contributed by atoms with Crippen LogP contribution in [0.5, 0.6) is 0 Å². The fraction of sp³-hybridized carbons (Fsp3) is 0.527. The molecule has 3 aromatic heterocycles. The minimum atomic E-state index is -1.80. The van der Waals surface area contributed by atoms with Crippen LogP contribution >= 0.6 is 24.2 Å². The predicted octanol–water partition coefficient (Wildman–Crippen LogP) is 0.478. The monoisotopic (exact) mass is 1880 g/mol. The van der Waals surface area contributed by atoms with Gasteiger partial charge in [-0.2, -0.15) is 12.6 Å². The summed E-state index contributed by atoms with van der Waals surface area (Å²) in [5, 5.41) is 46.7. The Bertz CT molecular complexity index is 5030. The highest BCUT2D eigenvalue weighted by Crippen LogP contribution is 2.27. The normalized spacial score (nSPS) is 15.1. The first-order valence-electron chi connectivity index (χ1n) is 44.6. The lowest BCUT2D eigenvalue weighted by molar-refractivity contribution is -0.149. The third-order valence-corrected chi connectivity index (χ3v) is 23.9. The van der Waals surface area contributed by atoms with Gasteiger partial charge in [-0.05, 0) is 100.0 Å². The van der Waals surface area contributed by atoms with Crippen LogP contribution in [0.1, 0.15) is 147 Å². The lowest BCUT2D eigenvalue weighted by Gasteiger charge is -2.36. The van der Waals surface area contributed by atoms with Crippen LogP contribution in [0.4, 0.5) is 0 Å². The molecule has 133 heavy (non-hydrogen) atoms. The van der Waals surface area contributed by atoms with Crippen LogP contribution in [-0.4, -0.2) is 301 Å². The number of hydrogen-bond donors (Lipinski definition) is 18. The lowest BCUT2D eigenvalue weighted by atomic mass is 9.92. The summed E-state index contributed by atoms with van der Waals surface area (Å²) in [5.74, 6) is -15.9. The number of likely N-dealkylation sites (N-methyl/N-ethyl adjacent to an activating group) is 4. The van der Waals surface area contributed by atoms with E-state index in [9.17, 15) is 67.4 Å². The summed E-state index contributed by atoms with van der Waals surface area (Å²) < 4.78 is 0. The number of fused-ring (bicyclic) bond motifs is 2. The van der Waals surface area contributed by atoms with Crippen molar-refractivity contribution in [2.75, 3.05) is 72.6 Å². The molecule has 13 atom stereocenters. The molecule has 0 bridgehead atoms. The molecular weight excluding hydrogens is 1760 g/mol. The Morgan fingerprint density at radius 2 is 1.13 bits per heavy atom. The Balaban J connectivity index is 1.09. The van der Waals surface area contributed by atoms with Gasteiger partial charge < -0.3 is 109 Å². The van der Waals surface area contributed by atoms with E-state index in [0.717, 1.165) is 14.7 Å². The van der Waals surface area contributed by atoms with Gasteiger partial charge in [0, 0.05) is 125 Å². The average Bonchev–Trinajstić information content (AvgIpc) is 1.73. The maximum absolute atomic E-state index is 15.6. The number of imidazole rings is 1. The van der Waals surface area contributed by atoms with Crippen LogP contribution in [0.2, 0.25) is 0 Å². The number of carbonyl (C=O) groups is 17. The number of guanidine groups is 1. The molecule has 0 radical (unpaired) electrons. The second-order valence-corrected chi connectivity index (χ2v) is 34.6. The number of amides is 15. The van der Waals surface area contributed by atoms with Gasteiger partial charge in [0.15, 0.2) is 11.7 Å². The number of aromatic nitrogens is 4. The summed E-state index contributed by atoms with van der Waals surface area (Å²) in [5.41, 5.74) is 14.7. The number of nitrogens with two attached hydrogens (primary N) is 2. The number of ketones is 2. The second-order valence-electron chi connectivity index (χ2n) is 34.0. The smallest absolute Gasteiger partial charge is 0.246 e. The highest BCUT2D eigenvalue weighted by atomic mass is 35.5. The number of primary amides is 1. The maximum Gasteiger partial charge on any atom is 0.246 e. The average molecular weight is 1890 g/mol. The fourth-order valence-electron chi connectivity index (χ4n) is 15.8. The van der Waals surface area contributed by atoms with Gasteiger partial charge in [-0.25, -0.2) is 4.98 Å². The number of nitrogens with zero attached hydrogens (tertiary/aromatic N) is 6. The van der Waals surface area contributed by atoms with E-state index in [4.69, 9.17) is 28.5 Å². The Hall–Kier alpha value is -12.8. The van der Waals surface area contributed by atoms with Crippen molar-refractivity contribution < 1.29 is 86.6 Å². The molecule has 1 aliphatic rings. The largest absolute Gasteiger partial charge is 0.394 e. The number of hydrogen-bond acceptors (Lipinski definition) is 21. The zero-order valence-electron chi connectivity index (χ0n) is 76.9. The highest BCUT2D eigenvalue weighted by molar-refractivity contribution is 7.80. The van der Waals surface area contributed by atoms with Crippen molar-refractivity contribution in [3.8, 4) is 0 Å². The summed E-state index contributed by atoms with van der Waals surface area (Å²) in [6.45, 7) is 8.02. The maximum atomic E-state index is 15.6. The molecule has 1 fully saturated rings. The van der Waals surface area contributed by atoms with Crippen molar-refractivity contribution in [2.45, 2.75) is 223 Å². The topological polar surface area (TPSA) is 583 Å². The number of halogens is 1. The quantitative estimate of drug-likeness (QED) is 0.00812. The first kappa shape index (κ1) is 107. The van der Waals surface area contributed by atoms with Crippen LogP contribution in [0.3, 0.4) is 0 Å². The number of carbonyl (C=O) groups excluding carboxylic acids is 17. The standard InChI is InChI=1S/C91H129ClN22O18S/c1-11-13-31-73(84(126)103-65(30-22-34-97-91(94)95)81(123)109-72(50-133)80(122)100-44-53(5)116)112(9)90(132)75(32-14-12-2)113(10)88(130)69(40-58-46-99-64-29-21-19-27-62(58)64)107-83(125)71(49-115)108-79(121)56(38-57-45-98-63-28-20-18-26-61(57)63)39-60(117)48-110(7)86(128)67(36-52(3)4)106-82(124)66(41-59-47-96-51-101-59)104-85(127)74-33-23-35-114(74)89(131)70(42-76(93)118)105-78(120)54(6)111(8)87(129)68(102-77(119)43-92)37-55-24-16-15-17-25-55/h15-21,24-29,45-47,51-52,54,56,65-75,98-99,115,133H,11-14,22-23,30-44,48-50H2,1-10H3,(H2,93,118)(H,96,101)(H,100,122)(H,102,119)(H,103,126)(H,104,127)(H,105,120)(H,106,124)(H,107,125)(H,108,121)(H,109,123)(H4,94,95,97)/t54-,56+,65-,66-,67-,68-,69-,70-,71-,72-,73-,74-,75-/m0/s1. The van der Waals surface area contributed by atoms with Crippen LogP contribution in [0.15, 0.2) is 104 Å². The van der Waals surface area contributed by atoms with E-state index < -0.39 is 205 Å². The number of rotatable bonds is 55. The van der Waals surface area contributed by atoms with Crippen LogP contribution in [0.25, 0.3) is 21.8 Å². The highest BCUT2D eigenvalue weighted by Gasteiger charge is 2.44. The van der Waals surface area contributed by atoms with E-state index in [2.05, 4.69) is 85.7 Å². The van der Waals surface area contributed by atoms with E-state index in [-0.39, 0.29) is 114 Å². The number of para-hydroxylation sites is 2. The number of likely N-dealkylation sites (tertiary alicyclic amines) is 1. The Morgan fingerprint density at radius 1 is 0.571 bits per heavy atom. The van der Waals surface area contributed by atoms with Crippen molar-refractivity contribution in [1.82, 2.24) is 97.6 Å². The molecule has 19 N–H and O–H groups in total. The molecule has 40 nitrogen and oxygen atoms in total. The molecule has 724 valence electrons. The summed E-state index contributed by atoms with van der Waals surface area (Å²) in [6, 6.07) is 6.36. The SMILES string of the molecule is CCCC[C@@H](C(=O)N(C)[C@@H](CCCC)C(=O)N[C@@H](CCCNC(=N)N)C(=O)N[C@@H](CS)C(=O)NCC(C)=O)N(C)C(=O)[C@H](Cc1c[nH]c2ccccc12)NC(=O)[C@H](CO)NC(=O)[C@@H](CC(=O)CN(C)C(=O)[C@H](CC(C)C)NC(=O)[C@H](Cc1cnc[nH]1)NC(=O)[C@@H]1CCCN1C(=O)[C@H](CC(N)=O)NC(=O)[C@H](C)N(C)C(=O)[C@H](Cc1ccccc1)NC(=O)CCl)Cc1c[nH]c2ccccc12. The van der Waals surface area contributed by atoms with E-state index >= 15 is 19.2 Å². The molecule has 7 rings (SSSR count). The van der Waals surface area contributed by atoms with E-state index in [1.165, 1.54) is 64.4 Å². The summed E-state index contributed by atoms with van der Waals surface area (Å²) >= 11 is 10.0. The number of thiol groups is 1. The number of H-pyrrole nitrogens is 3. The van der Waals surface area contributed by atoms with Gasteiger partial charge in [-0.1, -0.05) is 120 Å². The summed E-state index contributed by atoms with van der Waals surface area (Å²) in [6.07, 6.45) is 6.67. The summed E-state index contributed by atoms with van der Waals surface area (Å²) in [7, 11) is 5.41. The Kier molecular flexibility index (Phi) is 42.8. The van der Waals surface area contributed by atoms with Crippen molar-refractivity contribution in [3.05, 3.63) is 126 Å². The van der Waals surface area contributed by atoms with Gasteiger partial charge in [0.1, 0.15) is 84.2 Å². The number of aliphatic hydroxyl groups excluding tert-OH is 1. The molecule has 42 heteroatoms. The summed E-state index contributed by atoms with van der Waals surface area (Å²) in [4.78, 5) is 261. The molecule has 1 saturated heterocycles. The Morgan fingerprint density at radius 3 is 1.71 bits per heavy atom. The van der Waals surface area contributed by atoms with E-state index in [1.54, 1.807) is 105 Å². The fourth-order valence-corrected chi connectivity index (χ4v) is 16.2. The Labute approximate surface area is 783 Å². The second kappa shape index (κ2) is 53.0. The molecule has 4 heterocycles. The number of alkyl halides is 1.